The number of hydrogen-bond donors (Lipinski definition) is 2. The summed E-state index contributed by atoms with van der Waals surface area (Å²) in [6.07, 6.45) is 0. The van der Waals surface area contributed by atoms with E-state index in [1.165, 1.54) is 4.90 Å². The fourth-order valence-electron chi connectivity index (χ4n) is 1.52. The van der Waals surface area contributed by atoms with Gasteiger partial charge >= 0.3 is 12.0 Å². The van der Waals surface area contributed by atoms with Crippen LogP contribution in [0.4, 0.5) is 4.79 Å². The van der Waals surface area contributed by atoms with Gasteiger partial charge in [0.25, 0.3) is 0 Å². The quantitative estimate of drug-likeness (QED) is 0.813. The number of hydrogen-bond acceptors (Lipinski definition) is 3. The molecule has 1 rings (SSSR count). The van der Waals surface area contributed by atoms with Crippen LogP contribution in [-0.2, 0) is 11.3 Å². The summed E-state index contributed by atoms with van der Waals surface area (Å²) in [7, 11) is 1.59. The van der Waals surface area contributed by atoms with Gasteiger partial charge in [-0.25, -0.2) is 4.79 Å². The molecule has 2 amide bonds. The van der Waals surface area contributed by atoms with Gasteiger partial charge in [-0.05, 0) is 24.6 Å². The summed E-state index contributed by atoms with van der Waals surface area (Å²) in [5.41, 5.74) is 0.917. The Hall–Kier alpha value is -2.24. The highest BCUT2D eigenvalue weighted by Gasteiger charge is 2.13. The summed E-state index contributed by atoms with van der Waals surface area (Å²) in [4.78, 5) is 23.5. The minimum Gasteiger partial charge on any atom is -0.497 e. The Balaban J connectivity index is 2.49. The molecule has 0 atom stereocenters. The highest BCUT2D eigenvalue weighted by molar-refractivity contribution is 5.80. The summed E-state index contributed by atoms with van der Waals surface area (Å²) >= 11 is 0. The van der Waals surface area contributed by atoms with Gasteiger partial charge in [-0.15, -0.1) is 0 Å². The Morgan fingerprint density at radius 2 is 1.95 bits per heavy atom. The second-order valence-corrected chi connectivity index (χ2v) is 3.91. The highest BCUT2D eigenvalue weighted by Crippen LogP contribution is 2.10. The summed E-state index contributed by atoms with van der Waals surface area (Å²) < 4.78 is 5.03. The second kappa shape index (κ2) is 7.25. The maximum Gasteiger partial charge on any atom is 0.323 e. The van der Waals surface area contributed by atoms with Crippen molar-refractivity contribution in [3.05, 3.63) is 29.8 Å². The third-order valence-corrected chi connectivity index (χ3v) is 2.60. The van der Waals surface area contributed by atoms with Crippen molar-refractivity contribution in [2.45, 2.75) is 13.5 Å². The second-order valence-electron chi connectivity index (χ2n) is 3.91. The molecule has 0 radical (unpaired) electrons. The number of nitrogens with zero attached hydrogens (tertiary/aromatic N) is 1. The number of aliphatic carboxylic acids is 1. The van der Waals surface area contributed by atoms with Crippen molar-refractivity contribution >= 4 is 12.0 Å². The molecule has 19 heavy (non-hydrogen) atoms. The molecule has 0 heterocycles. The van der Waals surface area contributed by atoms with Crippen LogP contribution in [0.25, 0.3) is 0 Å². The number of carboxylic acids is 1. The van der Waals surface area contributed by atoms with Crippen LogP contribution in [0, 0.1) is 0 Å². The largest absolute Gasteiger partial charge is 0.497 e. The lowest BCUT2D eigenvalue weighted by Crippen LogP contribution is -2.42. The SMILES string of the molecule is CCN(CC(=O)O)C(=O)NCc1ccc(OC)cc1. The summed E-state index contributed by atoms with van der Waals surface area (Å²) in [6, 6.07) is 6.90. The number of carbonyl (C=O) groups excluding carboxylic acids is 1. The van der Waals surface area contributed by atoms with E-state index in [0.29, 0.717) is 13.1 Å². The number of likely N-dealkylation sites (N-methyl/N-ethyl adjacent to an activating group) is 1. The number of amides is 2. The number of benzene rings is 1. The maximum absolute atomic E-state index is 11.7. The van der Waals surface area contributed by atoms with E-state index in [9.17, 15) is 9.59 Å². The molecule has 0 bridgehead atoms. The molecule has 2 N–H and O–H groups in total. The first kappa shape index (κ1) is 14.8. The zero-order valence-electron chi connectivity index (χ0n) is 11.0. The normalized spacial score (nSPS) is 9.79. The average Bonchev–Trinajstić information content (AvgIpc) is 2.42. The van der Waals surface area contributed by atoms with Crippen LogP contribution in [0.2, 0.25) is 0 Å². The van der Waals surface area contributed by atoms with Crippen molar-refractivity contribution in [1.82, 2.24) is 10.2 Å². The van der Waals surface area contributed by atoms with Gasteiger partial charge < -0.3 is 20.1 Å². The molecule has 0 unspecified atom stereocenters. The van der Waals surface area contributed by atoms with Crippen molar-refractivity contribution in [1.29, 1.82) is 0 Å². The fourth-order valence-corrected chi connectivity index (χ4v) is 1.52. The Morgan fingerprint density at radius 1 is 1.32 bits per heavy atom. The van der Waals surface area contributed by atoms with Gasteiger partial charge in [0, 0.05) is 13.1 Å². The molecule has 0 spiro atoms. The Bertz CT molecular complexity index is 431. The molecule has 0 aromatic heterocycles. The maximum atomic E-state index is 11.7. The van der Waals surface area contributed by atoms with E-state index in [2.05, 4.69) is 5.32 Å². The number of ether oxygens (including phenoxy) is 1. The Kier molecular flexibility index (Phi) is 5.66. The molecular formula is C13H18N2O4. The van der Waals surface area contributed by atoms with Crippen molar-refractivity contribution in [2.24, 2.45) is 0 Å². The molecule has 0 aliphatic rings. The predicted molar refractivity (Wildman–Crippen MR) is 70.1 cm³/mol. The topological polar surface area (TPSA) is 78.9 Å². The van der Waals surface area contributed by atoms with Crippen LogP contribution in [0.15, 0.2) is 24.3 Å². The average molecular weight is 266 g/mol. The van der Waals surface area contributed by atoms with Gasteiger partial charge in [0.15, 0.2) is 0 Å². The van der Waals surface area contributed by atoms with Gasteiger partial charge in [-0.3, -0.25) is 4.79 Å². The Morgan fingerprint density at radius 3 is 2.42 bits per heavy atom. The highest BCUT2D eigenvalue weighted by atomic mass is 16.5. The van der Waals surface area contributed by atoms with Crippen molar-refractivity contribution < 1.29 is 19.4 Å². The lowest BCUT2D eigenvalue weighted by molar-refractivity contribution is -0.137. The minimum absolute atomic E-state index is 0.301. The first-order valence-corrected chi connectivity index (χ1v) is 5.94. The van der Waals surface area contributed by atoms with Gasteiger partial charge in [0.1, 0.15) is 12.3 Å². The van der Waals surface area contributed by atoms with Gasteiger partial charge in [-0.2, -0.15) is 0 Å². The zero-order chi connectivity index (χ0) is 14.3. The molecule has 104 valence electrons. The van der Waals surface area contributed by atoms with Crippen molar-refractivity contribution in [3.8, 4) is 5.75 Å². The van der Waals surface area contributed by atoms with E-state index >= 15 is 0 Å². The first-order chi connectivity index (χ1) is 9.06. The molecule has 1 aromatic carbocycles. The van der Waals surface area contributed by atoms with E-state index < -0.39 is 5.97 Å². The molecule has 6 nitrogen and oxygen atoms in total. The van der Waals surface area contributed by atoms with Crippen LogP contribution >= 0.6 is 0 Å². The monoisotopic (exact) mass is 266 g/mol. The van der Waals surface area contributed by atoms with E-state index in [1.54, 1.807) is 26.2 Å². The van der Waals surface area contributed by atoms with Crippen molar-refractivity contribution in [3.63, 3.8) is 0 Å². The molecule has 0 fully saturated rings. The number of methoxy groups -OCH3 is 1. The lowest BCUT2D eigenvalue weighted by Gasteiger charge is -2.19. The molecule has 0 aliphatic carbocycles. The lowest BCUT2D eigenvalue weighted by atomic mass is 10.2. The van der Waals surface area contributed by atoms with E-state index in [0.717, 1.165) is 11.3 Å². The molecule has 0 aliphatic heterocycles. The Labute approximate surface area is 112 Å². The molecule has 6 heteroatoms. The van der Waals surface area contributed by atoms with Gasteiger partial charge in [-0.1, -0.05) is 12.1 Å². The van der Waals surface area contributed by atoms with Crippen LogP contribution in [0.3, 0.4) is 0 Å². The van der Waals surface area contributed by atoms with E-state index in [4.69, 9.17) is 9.84 Å². The third-order valence-electron chi connectivity index (χ3n) is 2.60. The summed E-state index contributed by atoms with van der Waals surface area (Å²) in [5, 5.41) is 11.3. The van der Waals surface area contributed by atoms with Crippen LogP contribution in [0.5, 0.6) is 5.75 Å². The number of urea groups is 1. The third kappa shape index (κ3) is 4.87. The first-order valence-electron chi connectivity index (χ1n) is 5.94. The zero-order valence-corrected chi connectivity index (χ0v) is 11.0. The summed E-state index contributed by atoms with van der Waals surface area (Å²) in [5.74, 6) is -0.280. The number of carbonyl (C=O) groups is 2. The predicted octanol–water partition coefficient (Wildman–Crippen LogP) is 1.31. The molecule has 0 saturated carbocycles. The fraction of sp³-hybridized carbons (Fsp3) is 0.385. The van der Waals surface area contributed by atoms with Gasteiger partial charge in [0.2, 0.25) is 0 Å². The number of carboxylic acid groups (broad SMARTS) is 1. The van der Waals surface area contributed by atoms with Crippen molar-refractivity contribution in [2.75, 3.05) is 20.2 Å². The van der Waals surface area contributed by atoms with Crippen LogP contribution in [-0.4, -0.2) is 42.2 Å². The van der Waals surface area contributed by atoms with Crippen LogP contribution in [0.1, 0.15) is 12.5 Å². The smallest absolute Gasteiger partial charge is 0.323 e. The van der Waals surface area contributed by atoms with E-state index in [-0.39, 0.29) is 12.6 Å². The van der Waals surface area contributed by atoms with E-state index in [1.807, 2.05) is 12.1 Å². The summed E-state index contributed by atoms with van der Waals surface area (Å²) in [6.45, 7) is 2.13. The number of nitrogens with one attached hydrogen (secondary N) is 1. The molecule has 1 aromatic rings. The van der Waals surface area contributed by atoms with Gasteiger partial charge in [0.05, 0.1) is 7.11 Å². The molecule has 0 saturated heterocycles. The molecular weight excluding hydrogens is 248 g/mol. The van der Waals surface area contributed by atoms with Crippen LogP contribution < -0.4 is 10.1 Å². The number of rotatable bonds is 6. The minimum atomic E-state index is -1.03. The standard InChI is InChI=1S/C13H18N2O4/c1-3-15(9-12(16)17)13(18)14-8-10-4-6-11(19-2)7-5-10/h4-7H,3,8-9H2,1-2H3,(H,14,18)(H,16,17).